The van der Waals surface area contributed by atoms with E-state index in [1.165, 1.54) is 19.3 Å². The Balaban J connectivity index is 2.07. The fraction of sp³-hybridized carbons (Fsp3) is 0.625. The third-order valence-corrected chi connectivity index (χ3v) is 4.60. The van der Waals surface area contributed by atoms with Crippen LogP contribution in [0.2, 0.25) is 0 Å². The quantitative estimate of drug-likeness (QED) is 0.800. The van der Waals surface area contributed by atoms with Gasteiger partial charge in [-0.2, -0.15) is 0 Å². The second-order valence-corrected chi connectivity index (χ2v) is 5.96. The topological polar surface area (TPSA) is 26.0 Å². The summed E-state index contributed by atoms with van der Waals surface area (Å²) in [5.74, 6) is -2.75. The third kappa shape index (κ3) is 3.54. The van der Waals surface area contributed by atoms with Crippen LogP contribution in [0.15, 0.2) is 12.1 Å². The number of aryl methyl sites for hydroxylation is 1. The van der Waals surface area contributed by atoms with Gasteiger partial charge in [-0.3, -0.25) is 0 Å². The number of nitrogens with two attached hydrogens (primary N) is 1. The minimum atomic E-state index is -1.12. The smallest absolute Gasteiger partial charge is 0.161 e. The molecule has 0 atom stereocenters. The predicted molar refractivity (Wildman–Crippen MR) is 73.8 cm³/mol. The normalized spacial score (nSPS) is 18.2. The van der Waals surface area contributed by atoms with E-state index in [-0.39, 0.29) is 11.0 Å². The molecule has 0 aliphatic heterocycles. The Morgan fingerprint density at radius 1 is 0.900 bits per heavy atom. The second kappa shape index (κ2) is 6.61. The van der Waals surface area contributed by atoms with Crippen molar-refractivity contribution in [2.75, 3.05) is 6.54 Å². The molecule has 4 heteroatoms. The molecule has 1 nitrogen and oxygen atoms in total. The molecule has 1 aromatic carbocycles. The molecule has 1 saturated carbocycles. The van der Waals surface area contributed by atoms with E-state index in [0.29, 0.717) is 19.0 Å². The molecule has 1 aliphatic carbocycles. The van der Waals surface area contributed by atoms with E-state index in [1.54, 1.807) is 0 Å². The average molecular weight is 285 g/mol. The number of hydrogen-bond acceptors (Lipinski definition) is 1. The van der Waals surface area contributed by atoms with Crippen molar-refractivity contribution in [3.8, 4) is 0 Å². The highest BCUT2D eigenvalue weighted by molar-refractivity contribution is 5.20. The molecule has 112 valence electrons. The Kier molecular flexibility index (Phi) is 5.08. The molecule has 0 aromatic heterocycles. The van der Waals surface area contributed by atoms with Gasteiger partial charge in [-0.05, 0) is 55.7 Å². The first kappa shape index (κ1) is 15.4. The van der Waals surface area contributed by atoms with E-state index in [2.05, 4.69) is 0 Å². The maximum absolute atomic E-state index is 13.7. The van der Waals surface area contributed by atoms with Gasteiger partial charge in [0.1, 0.15) is 5.82 Å². The van der Waals surface area contributed by atoms with Crippen LogP contribution in [-0.2, 0) is 6.42 Å². The van der Waals surface area contributed by atoms with Gasteiger partial charge in [0.15, 0.2) is 11.6 Å². The summed E-state index contributed by atoms with van der Waals surface area (Å²) in [5, 5.41) is 0. The van der Waals surface area contributed by atoms with Crippen molar-refractivity contribution in [3.05, 3.63) is 35.1 Å². The van der Waals surface area contributed by atoms with Gasteiger partial charge in [-0.25, -0.2) is 13.2 Å². The number of halogens is 3. The monoisotopic (exact) mass is 285 g/mol. The van der Waals surface area contributed by atoms with Gasteiger partial charge < -0.3 is 5.73 Å². The lowest BCUT2D eigenvalue weighted by Gasteiger charge is -2.37. The lowest BCUT2D eigenvalue weighted by Crippen LogP contribution is -2.28. The highest BCUT2D eigenvalue weighted by Gasteiger charge is 2.31. The van der Waals surface area contributed by atoms with Gasteiger partial charge in [0.2, 0.25) is 0 Å². The highest BCUT2D eigenvalue weighted by Crippen LogP contribution is 2.42. The zero-order chi connectivity index (χ0) is 14.6. The van der Waals surface area contributed by atoms with E-state index >= 15 is 0 Å². The molecule has 1 aliphatic rings. The van der Waals surface area contributed by atoms with Crippen LogP contribution >= 0.6 is 0 Å². The van der Waals surface area contributed by atoms with E-state index in [4.69, 9.17) is 5.73 Å². The molecule has 2 rings (SSSR count). The lowest BCUT2D eigenvalue weighted by atomic mass is 9.68. The van der Waals surface area contributed by atoms with Crippen molar-refractivity contribution in [2.24, 2.45) is 11.1 Å². The molecule has 0 saturated heterocycles. The predicted octanol–water partition coefficient (Wildman–Crippen LogP) is 4.34. The van der Waals surface area contributed by atoms with E-state index in [9.17, 15) is 13.2 Å². The van der Waals surface area contributed by atoms with Crippen LogP contribution in [0.3, 0.4) is 0 Å². The zero-order valence-electron chi connectivity index (χ0n) is 11.7. The molecule has 1 fully saturated rings. The van der Waals surface area contributed by atoms with Crippen molar-refractivity contribution in [1.29, 1.82) is 0 Å². The SMILES string of the molecule is NCCC1(CCc2cc(F)c(F)cc2F)CCCCC1. The van der Waals surface area contributed by atoms with Crippen molar-refractivity contribution < 1.29 is 13.2 Å². The minimum Gasteiger partial charge on any atom is -0.330 e. The summed E-state index contributed by atoms with van der Waals surface area (Å²) in [5.41, 5.74) is 6.13. The van der Waals surface area contributed by atoms with E-state index in [0.717, 1.165) is 31.7 Å². The van der Waals surface area contributed by atoms with Gasteiger partial charge in [-0.1, -0.05) is 19.3 Å². The van der Waals surface area contributed by atoms with Crippen molar-refractivity contribution in [3.63, 3.8) is 0 Å². The summed E-state index contributed by atoms with van der Waals surface area (Å²) < 4.78 is 39.8. The molecule has 2 N–H and O–H groups in total. The molecule has 0 amide bonds. The third-order valence-electron chi connectivity index (χ3n) is 4.60. The molecule has 0 heterocycles. The fourth-order valence-corrected chi connectivity index (χ4v) is 3.39. The lowest BCUT2D eigenvalue weighted by molar-refractivity contribution is 0.160. The summed E-state index contributed by atoms with van der Waals surface area (Å²) >= 11 is 0. The molecule has 20 heavy (non-hydrogen) atoms. The summed E-state index contributed by atoms with van der Waals surface area (Å²) in [6, 6.07) is 1.63. The summed E-state index contributed by atoms with van der Waals surface area (Å²) in [6.07, 6.45) is 7.99. The van der Waals surface area contributed by atoms with Crippen LogP contribution in [0.1, 0.15) is 50.5 Å². The molecule has 0 radical (unpaired) electrons. The Morgan fingerprint density at radius 3 is 2.20 bits per heavy atom. The van der Waals surface area contributed by atoms with E-state index in [1.807, 2.05) is 0 Å². The molecule has 0 unspecified atom stereocenters. The molecule has 1 aromatic rings. The van der Waals surface area contributed by atoms with Crippen LogP contribution in [0.5, 0.6) is 0 Å². The molecule has 0 bridgehead atoms. The molecule has 0 spiro atoms. The zero-order valence-corrected chi connectivity index (χ0v) is 11.7. The standard InChI is InChI=1S/C16H22F3N/c17-13-11-15(19)14(18)10-12(13)4-7-16(8-9-20)5-2-1-3-6-16/h10-11H,1-9,20H2. The molecular formula is C16H22F3N. The van der Waals surface area contributed by atoms with Crippen LogP contribution < -0.4 is 5.73 Å². The number of hydrogen-bond donors (Lipinski definition) is 1. The maximum Gasteiger partial charge on any atom is 0.161 e. The van der Waals surface area contributed by atoms with Crippen LogP contribution in [-0.4, -0.2) is 6.54 Å². The minimum absolute atomic E-state index is 0.157. The summed E-state index contributed by atoms with van der Waals surface area (Å²) in [4.78, 5) is 0. The maximum atomic E-state index is 13.7. The first-order valence-corrected chi connectivity index (χ1v) is 7.40. The highest BCUT2D eigenvalue weighted by atomic mass is 19.2. The van der Waals surface area contributed by atoms with Crippen LogP contribution in [0, 0.1) is 22.9 Å². The summed E-state index contributed by atoms with van der Waals surface area (Å²) in [7, 11) is 0. The van der Waals surface area contributed by atoms with E-state index < -0.39 is 17.5 Å². The first-order chi connectivity index (χ1) is 9.56. The Hall–Kier alpha value is -1.03. The van der Waals surface area contributed by atoms with Gasteiger partial charge >= 0.3 is 0 Å². The Labute approximate surface area is 118 Å². The Morgan fingerprint density at radius 2 is 1.55 bits per heavy atom. The number of benzene rings is 1. The van der Waals surface area contributed by atoms with Crippen molar-refractivity contribution in [1.82, 2.24) is 0 Å². The van der Waals surface area contributed by atoms with Gasteiger partial charge in [0.25, 0.3) is 0 Å². The Bertz CT molecular complexity index is 448. The number of rotatable bonds is 5. The first-order valence-electron chi connectivity index (χ1n) is 7.40. The average Bonchev–Trinajstić information content (AvgIpc) is 2.43. The van der Waals surface area contributed by atoms with Crippen molar-refractivity contribution in [2.45, 2.75) is 51.4 Å². The van der Waals surface area contributed by atoms with Gasteiger partial charge in [0, 0.05) is 6.07 Å². The summed E-state index contributed by atoms with van der Waals surface area (Å²) in [6.45, 7) is 0.625. The van der Waals surface area contributed by atoms with Crippen molar-refractivity contribution >= 4 is 0 Å². The van der Waals surface area contributed by atoms with Crippen LogP contribution in [0.4, 0.5) is 13.2 Å². The fourth-order valence-electron chi connectivity index (χ4n) is 3.39. The van der Waals surface area contributed by atoms with Gasteiger partial charge in [0.05, 0.1) is 0 Å². The second-order valence-electron chi connectivity index (χ2n) is 5.96. The largest absolute Gasteiger partial charge is 0.330 e. The van der Waals surface area contributed by atoms with Gasteiger partial charge in [-0.15, -0.1) is 0 Å². The molecular weight excluding hydrogens is 263 g/mol. The van der Waals surface area contributed by atoms with Crippen LogP contribution in [0.25, 0.3) is 0 Å².